The van der Waals surface area contributed by atoms with Gasteiger partial charge in [-0.1, -0.05) is 27.5 Å². The summed E-state index contributed by atoms with van der Waals surface area (Å²) < 4.78 is 6.59. The van der Waals surface area contributed by atoms with Crippen LogP contribution in [0.15, 0.2) is 22.7 Å². The first kappa shape index (κ1) is 9.31. The lowest BCUT2D eigenvalue weighted by molar-refractivity contribution is 0.142. The van der Waals surface area contributed by atoms with E-state index in [0.717, 1.165) is 23.3 Å². The topological polar surface area (TPSA) is 21.3 Å². The molecule has 70 valence electrons. The molecule has 0 spiro atoms. The lowest BCUT2D eigenvalue weighted by Gasteiger charge is -2.28. The third-order valence-electron chi connectivity index (χ3n) is 1.93. The van der Waals surface area contributed by atoms with Crippen molar-refractivity contribution in [3.05, 3.63) is 27.7 Å². The Kier molecular flexibility index (Phi) is 2.77. The molecule has 4 heteroatoms. The Bertz CT molecular complexity index is 314. The molecule has 0 bridgehead atoms. The predicted molar refractivity (Wildman–Crippen MR) is 56.4 cm³/mol. The number of nitrogens with one attached hydrogen (secondary N) is 1. The summed E-state index contributed by atoms with van der Waals surface area (Å²) >= 11 is 9.32. The zero-order chi connectivity index (χ0) is 9.26. The Labute approximate surface area is 90.4 Å². The van der Waals surface area contributed by atoms with Crippen molar-refractivity contribution in [1.82, 2.24) is 5.32 Å². The standard InChI is InChI=1S/C9H9BrClNO/c10-6-1-2-9(8(11)3-6)13-7-4-12-5-7/h1-3,7,12H,4-5H2. The average Bonchev–Trinajstić information content (AvgIpc) is 1.99. The monoisotopic (exact) mass is 261 g/mol. The highest BCUT2D eigenvalue weighted by molar-refractivity contribution is 9.10. The van der Waals surface area contributed by atoms with Gasteiger partial charge in [0.05, 0.1) is 5.02 Å². The van der Waals surface area contributed by atoms with Gasteiger partial charge in [0.1, 0.15) is 11.9 Å². The van der Waals surface area contributed by atoms with Crippen LogP contribution in [0.5, 0.6) is 5.75 Å². The molecule has 2 rings (SSSR count). The third-order valence-corrected chi connectivity index (χ3v) is 2.72. The average molecular weight is 263 g/mol. The van der Waals surface area contributed by atoms with Crippen molar-refractivity contribution < 1.29 is 4.74 Å². The Hall–Kier alpha value is -0.250. The van der Waals surface area contributed by atoms with Crippen LogP contribution in [0.4, 0.5) is 0 Å². The fraction of sp³-hybridized carbons (Fsp3) is 0.333. The molecule has 1 saturated heterocycles. The first-order valence-electron chi connectivity index (χ1n) is 4.08. The van der Waals surface area contributed by atoms with E-state index in [1.54, 1.807) is 0 Å². The molecular weight excluding hydrogens is 253 g/mol. The van der Waals surface area contributed by atoms with E-state index in [-0.39, 0.29) is 6.10 Å². The number of halogens is 2. The van der Waals surface area contributed by atoms with E-state index in [2.05, 4.69) is 21.2 Å². The summed E-state index contributed by atoms with van der Waals surface area (Å²) in [5.41, 5.74) is 0. The molecular formula is C9H9BrClNO. The zero-order valence-corrected chi connectivity index (χ0v) is 9.23. The maximum absolute atomic E-state index is 5.98. The normalized spacial score (nSPS) is 16.8. The number of hydrogen-bond donors (Lipinski definition) is 1. The lowest BCUT2D eigenvalue weighted by Crippen LogP contribution is -2.50. The van der Waals surface area contributed by atoms with Gasteiger partial charge in [0, 0.05) is 17.6 Å². The summed E-state index contributed by atoms with van der Waals surface area (Å²) in [7, 11) is 0. The second kappa shape index (κ2) is 3.86. The van der Waals surface area contributed by atoms with E-state index in [0.29, 0.717) is 5.02 Å². The summed E-state index contributed by atoms with van der Waals surface area (Å²) in [6.07, 6.45) is 0.277. The van der Waals surface area contributed by atoms with Gasteiger partial charge in [-0.3, -0.25) is 0 Å². The molecule has 0 aliphatic carbocycles. The zero-order valence-electron chi connectivity index (χ0n) is 6.89. The number of ether oxygens (including phenoxy) is 1. The van der Waals surface area contributed by atoms with Crippen LogP contribution >= 0.6 is 27.5 Å². The van der Waals surface area contributed by atoms with Crippen molar-refractivity contribution in [3.8, 4) is 5.75 Å². The van der Waals surface area contributed by atoms with Crippen LogP contribution in [0, 0.1) is 0 Å². The Balaban J connectivity index is 2.10. The minimum Gasteiger partial charge on any atom is -0.486 e. The largest absolute Gasteiger partial charge is 0.486 e. The molecule has 0 unspecified atom stereocenters. The van der Waals surface area contributed by atoms with E-state index in [1.165, 1.54) is 0 Å². The van der Waals surface area contributed by atoms with Crippen LogP contribution in [-0.4, -0.2) is 19.2 Å². The lowest BCUT2D eigenvalue weighted by atomic mass is 10.2. The molecule has 0 aromatic heterocycles. The second-order valence-corrected chi connectivity index (χ2v) is 4.30. The molecule has 1 heterocycles. The minimum absolute atomic E-state index is 0.277. The molecule has 1 aromatic rings. The van der Waals surface area contributed by atoms with Crippen molar-refractivity contribution >= 4 is 27.5 Å². The molecule has 1 aromatic carbocycles. The number of hydrogen-bond acceptors (Lipinski definition) is 2. The van der Waals surface area contributed by atoms with Crippen molar-refractivity contribution in [2.24, 2.45) is 0 Å². The van der Waals surface area contributed by atoms with Crippen LogP contribution in [0.2, 0.25) is 5.02 Å². The van der Waals surface area contributed by atoms with Crippen molar-refractivity contribution in [2.75, 3.05) is 13.1 Å². The summed E-state index contributed by atoms with van der Waals surface area (Å²) in [5, 5.41) is 3.79. The van der Waals surface area contributed by atoms with Gasteiger partial charge in [-0.25, -0.2) is 0 Å². The fourth-order valence-electron chi connectivity index (χ4n) is 1.10. The highest BCUT2D eigenvalue weighted by Gasteiger charge is 2.19. The Morgan fingerprint density at radius 1 is 1.46 bits per heavy atom. The molecule has 2 nitrogen and oxygen atoms in total. The predicted octanol–water partition coefficient (Wildman–Crippen LogP) is 2.45. The van der Waals surface area contributed by atoms with E-state index in [1.807, 2.05) is 18.2 Å². The molecule has 1 aliphatic rings. The van der Waals surface area contributed by atoms with Gasteiger partial charge in [0.15, 0.2) is 0 Å². The number of benzene rings is 1. The summed E-state index contributed by atoms with van der Waals surface area (Å²) in [4.78, 5) is 0. The molecule has 1 fully saturated rings. The van der Waals surface area contributed by atoms with Gasteiger partial charge in [0.25, 0.3) is 0 Å². The van der Waals surface area contributed by atoms with Gasteiger partial charge in [-0.2, -0.15) is 0 Å². The summed E-state index contributed by atoms with van der Waals surface area (Å²) in [5.74, 6) is 0.761. The fourth-order valence-corrected chi connectivity index (χ4v) is 1.81. The summed E-state index contributed by atoms with van der Waals surface area (Å²) in [6.45, 7) is 1.82. The Morgan fingerprint density at radius 3 is 2.77 bits per heavy atom. The molecule has 1 N–H and O–H groups in total. The van der Waals surface area contributed by atoms with Crippen LogP contribution in [-0.2, 0) is 0 Å². The maximum Gasteiger partial charge on any atom is 0.138 e. The van der Waals surface area contributed by atoms with Crippen LogP contribution < -0.4 is 10.1 Å². The summed E-state index contributed by atoms with van der Waals surface area (Å²) in [6, 6.07) is 5.64. The highest BCUT2D eigenvalue weighted by atomic mass is 79.9. The SMILES string of the molecule is Clc1cc(Br)ccc1OC1CNC1. The van der Waals surface area contributed by atoms with Gasteiger partial charge in [0.2, 0.25) is 0 Å². The highest BCUT2D eigenvalue weighted by Crippen LogP contribution is 2.28. The minimum atomic E-state index is 0.277. The van der Waals surface area contributed by atoms with Gasteiger partial charge in [-0.15, -0.1) is 0 Å². The smallest absolute Gasteiger partial charge is 0.138 e. The molecule has 0 atom stereocenters. The Morgan fingerprint density at radius 2 is 2.23 bits per heavy atom. The van der Waals surface area contributed by atoms with Crippen molar-refractivity contribution in [3.63, 3.8) is 0 Å². The molecule has 13 heavy (non-hydrogen) atoms. The van der Waals surface area contributed by atoms with Crippen LogP contribution in [0.3, 0.4) is 0 Å². The second-order valence-electron chi connectivity index (χ2n) is 2.97. The van der Waals surface area contributed by atoms with Gasteiger partial charge >= 0.3 is 0 Å². The maximum atomic E-state index is 5.98. The van der Waals surface area contributed by atoms with Gasteiger partial charge in [-0.05, 0) is 18.2 Å². The van der Waals surface area contributed by atoms with Crippen molar-refractivity contribution in [1.29, 1.82) is 0 Å². The van der Waals surface area contributed by atoms with E-state index in [4.69, 9.17) is 16.3 Å². The van der Waals surface area contributed by atoms with Gasteiger partial charge < -0.3 is 10.1 Å². The van der Waals surface area contributed by atoms with E-state index >= 15 is 0 Å². The van der Waals surface area contributed by atoms with E-state index < -0.39 is 0 Å². The van der Waals surface area contributed by atoms with Crippen LogP contribution in [0.25, 0.3) is 0 Å². The van der Waals surface area contributed by atoms with Crippen LogP contribution in [0.1, 0.15) is 0 Å². The molecule has 0 amide bonds. The third kappa shape index (κ3) is 2.16. The van der Waals surface area contributed by atoms with Crippen molar-refractivity contribution in [2.45, 2.75) is 6.10 Å². The number of rotatable bonds is 2. The van der Waals surface area contributed by atoms with E-state index in [9.17, 15) is 0 Å². The molecule has 0 radical (unpaired) electrons. The first-order chi connectivity index (χ1) is 6.25. The molecule has 0 saturated carbocycles. The first-order valence-corrected chi connectivity index (χ1v) is 5.25. The quantitative estimate of drug-likeness (QED) is 0.884. The molecule has 1 aliphatic heterocycles.